The minimum atomic E-state index is -3.34. The summed E-state index contributed by atoms with van der Waals surface area (Å²) in [5, 5.41) is 8.31. The number of aliphatic hydroxyl groups is 1. The average molecular weight is 167 g/mol. The van der Waals surface area contributed by atoms with E-state index in [1.807, 2.05) is 0 Å². The number of hydrogen-bond acceptors (Lipinski definition) is 2. The van der Waals surface area contributed by atoms with Crippen molar-refractivity contribution >= 4 is 5.91 Å². The van der Waals surface area contributed by atoms with Gasteiger partial charge in [-0.3, -0.25) is 4.79 Å². The Kier molecular flexibility index (Phi) is 3.38. The summed E-state index contributed by atoms with van der Waals surface area (Å²) in [6.45, 7) is 0.157. The molecule has 1 amide bonds. The second kappa shape index (κ2) is 3.61. The fourth-order valence-electron chi connectivity index (χ4n) is 0.587. The summed E-state index contributed by atoms with van der Waals surface area (Å²) >= 11 is 0. The fraction of sp³-hybridized carbons (Fsp3) is 0.833. The van der Waals surface area contributed by atoms with Gasteiger partial charge >= 0.3 is 5.92 Å². The van der Waals surface area contributed by atoms with E-state index >= 15 is 0 Å². The molecule has 0 aliphatic heterocycles. The van der Waals surface area contributed by atoms with Gasteiger partial charge in [-0.1, -0.05) is 0 Å². The van der Waals surface area contributed by atoms with Crippen molar-refractivity contribution in [2.24, 2.45) is 0 Å². The number of likely N-dealkylation sites (N-methyl/N-ethyl adjacent to an activating group) is 1. The molecule has 0 aromatic rings. The lowest BCUT2D eigenvalue weighted by molar-refractivity contribution is -0.153. The third-order valence-corrected chi connectivity index (χ3v) is 1.16. The Labute approximate surface area is 63.6 Å². The van der Waals surface area contributed by atoms with Crippen LogP contribution in [0, 0.1) is 0 Å². The van der Waals surface area contributed by atoms with E-state index in [-0.39, 0.29) is 13.2 Å². The van der Waals surface area contributed by atoms with E-state index in [1.54, 1.807) is 0 Å². The fourth-order valence-corrected chi connectivity index (χ4v) is 0.587. The molecule has 0 aliphatic carbocycles. The molecule has 0 rings (SSSR count). The lowest BCUT2D eigenvalue weighted by Gasteiger charge is -2.19. The van der Waals surface area contributed by atoms with E-state index in [0.29, 0.717) is 6.92 Å². The van der Waals surface area contributed by atoms with E-state index in [0.717, 1.165) is 4.90 Å². The molecule has 0 aromatic heterocycles. The van der Waals surface area contributed by atoms with Crippen molar-refractivity contribution in [2.75, 3.05) is 20.2 Å². The number of halogens is 2. The summed E-state index contributed by atoms with van der Waals surface area (Å²) in [6.07, 6.45) is 0. The summed E-state index contributed by atoms with van der Waals surface area (Å²) < 4.78 is 24.4. The molecular formula is C6H11F2NO2. The molecule has 66 valence electrons. The zero-order valence-corrected chi connectivity index (χ0v) is 6.47. The molecule has 0 atom stereocenters. The lowest BCUT2D eigenvalue weighted by Crippen LogP contribution is -2.40. The van der Waals surface area contributed by atoms with Crippen LogP contribution in [0.15, 0.2) is 0 Å². The standard InChI is InChI=1S/C6H11F2NO2/c1-6(7,8)5(11)9(2)3-4-10/h10H,3-4H2,1-2H3. The smallest absolute Gasteiger partial charge is 0.322 e. The van der Waals surface area contributed by atoms with Gasteiger partial charge in [0.1, 0.15) is 0 Å². The molecule has 0 spiro atoms. The predicted octanol–water partition coefficient (Wildman–Crippen LogP) is 0.0923. The Morgan fingerprint density at radius 2 is 2.09 bits per heavy atom. The maximum Gasteiger partial charge on any atom is 0.322 e. The SMILES string of the molecule is CN(CCO)C(=O)C(C)(F)F. The first-order valence-corrected chi connectivity index (χ1v) is 3.14. The molecule has 0 bridgehead atoms. The van der Waals surface area contributed by atoms with Gasteiger partial charge in [-0.2, -0.15) is 8.78 Å². The molecule has 0 saturated heterocycles. The zero-order valence-electron chi connectivity index (χ0n) is 6.47. The molecule has 11 heavy (non-hydrogen) atoms. The van der Waals surface area contributed by atoms with Crippen LogP contribution in [-0.2, 0) is 4.79 Å². The summed E-state index contributed by atoms with van der Waals surface area (Å²) in [6, 6.07) is 0. The number of alkyl halides is 2. The molecule has 3 nitrogen and oxygen atoms in total. The van der Waals surface area contributed by atoms with Crippen LogP contribution in [0.1, 0.15) is 6.92 Å². The van der Waals surface area contributed by atoms with Crippen LogP contribution in [0.25, 0.3) is 0 Å². The highest BCUT2D eigenvalue weighted by Gasteiger charge is 2.34. The van der Waals surface area contributed by atoms with Crippen LogP contribution in [0.5, 0.6) is 0 Å². The van der Waals surface area contributed by atoms with Gasteiger partial charge in [0.05, 0.1) is 6.61 Å². The minimum absolute atomic E-state index is 0.0672. The molecule has 5 heteroatoms. The second-order valence-electron chi connectivity index (χ2n) is 2.34. The van der Waals surface area contributed by atoms with Gasteiger partial charge in [-0.15, -0.1) is 0 Å². The molecule has 0 aromatic carbocycles. The summed E-state index contributed by atoms with van der Waals surface area (Å²) in [7, 11) is 1.22. The van der Waals surface area contributed by atoms with Gasteiger partial charge in [0, 0.05) is 20.5 Å². The average Bonchev–Trinajstić information content (AvgIpc) is 1.85. The summed E-state index contributed by atoms with van der Waals surface area (Å²) in [4.78, 5) is 11.4. The van der Waals surface area contributed by atoms with E-state index in [9.17, 15) is 13.6 Å². The number of aliphatic hydroxyl groups excluding tert-OH is 1. The molecule has 0 heterocycles. The largest absolute Gasteiger partial charge is 0.395 e. The first-order chi connectivity index (χ1) is 4.89. The predicted molar refractivity (Wildman–Crippen MR) is 35.3 cm³/mol. The Bertz CT molecular complexity index is 144. The number of nitrogens with zero attached hydrogens (tertiary/aromatic N) is 1. The van der Waals surface area contributed by atoms with E-state index < -0.39 is 11.8 Å². The molecule has 0 radical (unpaired) electrons. The second-order valence-corrected chi connectivity index (χ2v) is 2.34. The van der Waals surface area contributed by atoms with E-state index in [2.05, 4.69) is 0 Å². The van der Waals surface area contributed by atoms with Crippen molar-refractivity contribution in [3.8, 4) is 0 Å². The maximum atomic E-state index is 12.2. The molecule has 0 saturated carbocycles. The van der Waals surface area contributed by atoms with Crippen molar-refractivity contribution in [3.63, 3.8) is 0 Å². The van der Waals surface area contributed by atoms with Crippen LogP contribution in [0.4, 0.5) is 8.78 Å². The summed E-state index contributed by atoms with van der Waals surface area (Å²) in [5.74, 6) is -4.62. The van der Waals surface area contributed by atoms with Crippen molar-refractivity contribution in [1.29, 1.82) is 0 Å². The van der Waals surface area contributed by atoms with Crippen LogP contribution >= 0.6 is 0 Å². The molecule has 1 N–H and O–H groups in total. The van der Waals surface area contributed by atoms with Gasteiger partial charge in [0.25, 0.3) is 5.91 Å². The Hall–Kier alpha value is -0.710. The van der Waals surface area contributed by atoms with Gasteiger partial charge in [0.15, 0.2) is 0 Å². The van der Waals surface area contributed by atoms with Gasteiger partial charge in [-0.25, -0.2) is 0 Å². The van der Waals surface area contributed by atoms with Crippen LogP contribution in [0.2, 0.25) is 0 Å². The van der Waals surface area contributed by atoms with E-state index in [4.69, 9.17) is 5.11 Å². The maximum absolute atomic E-state index is 12.2. The molecule has 0 fully saturated rings. The van der Waals surface area contributed by atoms with Gasteiger partial charge < -0.3 is 10.0 Å². The third-order valence-electron chi connectivity index (χ3n) is 1.16. The first-order valence-electron chi connectivity index (χ1n) is 3.14. The molecule has 0 aliphatic rings. The van der Waals surface area contributed by atoms with Crippen molar-refractivity contribution in [1.82, 2.24) is 4.90 Å². The quantitative estimate of drug-likeness (QED) is 0.647. The highest BCUT2D eigenvalue weighted by molar-refractivity contribution is 5.82. The van der Waals surface area contributed by atoms with Crippen molar-refractivity contribution < 1.29 is 18.7 Å². The molecule has 0 unspecified atom stereocenters. The first kappa shape index (κ1) is 10.3. The Morgan fingerprint density at radius 3 is 2.36 bits per heavy atom. The van der Waals surface area contributed by atoms with Gasteiger partial charge in [-0.05, 0) is 0 Å². The number of carbonyl (C=O) groups is 1. The zero-order chi connectivity index (χ0) is 9.07. The van der Waals surface area contributed by atoms with Gasteiger partial charge in [0.2, 0.25) is 0 Å². The monoisotopic (exact) mass is 167 g/mol. The highest BCUT2D eigenvalue weighted by atomic mass is 19.3. The lowest BCUT2D eigenvalue weighted by atomic mass is 10.3. The highest BCUT2D eigenvalue weighted by Crippen LogP contribution is 2.14. The third kappa shape index (κ3) is 3.27. The normalized spacial score (nSPS) is 11.4. The minimum Gasteiger partial charge on any atom is -0.395 e. The number of rotatable bonds is 3. The Balaban J connectivity index is 4.03. The summed E-state index contributed by atoms with van der Waals surface area (Å²) in [5.41, 5.74) is 0. The van der Waals surface area contributed by atoms with E-state index in [1.165, 1.54) is 7.05 Å². The van der Waals surface area contributed by atoms with Crippen LogP contribution in [-0.4, -0.2) is 42.0 Å². The van der Waals surface area contributed by atoms with Crippen molar-refractivity contribution in [3.05, 3.63) is 0 Å². The topological polar surface area (TPSA) is 40.5 Å². The van der Waals surface area contributed by atoms with Crippen LogP contribution in [0.3, 0.4) is 0 Å². The van der Waals surface area contributed by atoms with Crippen molar-refractivity contribution in [2.45, 2.75) is 12.8 Å². The Morgan fingerprint density at radius 1 is 1.64 bits per heavy atom. The number of carbonyl (C=O) groups excluding carboxylic acids is 1. The number of amides is 1. The number of hydrogen-bond donors (Lipinski definition) is 1. The van der Waals surface area contributed by atoms with Crippen LogP contribution < -0.4 is 0 Å². The molecular weight excluding hydrogens is 156 g/mol.